The normalized spacial score (nSPS) is 10.6. The average molecular weight is 337 g/mol. The van der Waals surface area contributed by atoms with Gasteiger partial charge in [0.15, 0.2) is 0 Å². The summed E-state index contributed by atoms with van der Waals surface area (Å²) in [5, 5.41) is 7.26. The van der Waals surface area contributed by atoms with E-state index in [-0.39, 0.29) is 5.91 Å². The van der Waals surface area contributed by atoms with Gasteiger partial charge in [0.2, 0.25) is 0 Å². The molecule has 0 unspecified atom stereocenters. The zero-order chi connectivity index (χ0) is 14.5. The van der Waals surface area contributed by atoms with Gasteiger partial charge >= 0.3 is 0 Å². The Labute approximate surface area is 126 Å². The van der Waals surface area contributed by atoms with E-state index in [1.165, 1.54) is 0 Å². The van der Waals surface area contributed by atoms with Gasteiger partial charge in [0, 0.05) is 25.0 Å². The van der Waals surface area contributed by atoms with Crippen molar-refractivity contribution >= 4 is 21.8 Å². The van der Waals surface area contributed by atoms with Crippen molar-refractivity contribution in [1.82, 2.24) is 20.1 Å². The Kier molecular flexibility index (Phi) is 4.89. The summed E-state index contributed by atoms with van der Waals surface area (Å²) in [6, 6.07) is 5.55. The number of nitrogens with one attached hydrogen (secondary N) is 1. The van der Waals surface area contributed by atoms with Crippen LogP contribution in [0.2, 0.25) is 0 Å². The fraction of sp³-hybridized carbons (Fsp3) is 0.357. The first-order valence-corrected chi connectivity index (χ1v) is 7.26. The van der Waals surface area contributed by atoms with Crippen LogP contribution in [-0.4, -0.2) is 27.2 Å². The Morgan fingerprint density at radius 3 is 2.80 bits per heavy atom. The molecule has 0 atom stereocenters. The molecular formula is C14H17BrN4O. The van der Waals surface area contributed by atoms with Gasteiger partial charge in [0.25, 0.3) is 5.91 Å². The number of hydrogen-bond acceptors (Lipinski definition) is 3. The summed E-state index contributed by atoms with van der Waals surface area (Å²) in [6.07, 6.45) is 2.40. The molecule has 0 saturated carbocycles. The highest BCUT2D eigenvalue weighted by atomic mass is 79.9. The lowest BCUT2D eigenvalue weighted by Crippen LogP contribution is -2.25. The van der Waals surface area contributed by atoms with Gasteiger partial charge in [-0.1, -0.05) is 0 Å². The molecule has 2 rings (SSSR count). The van der Waals surface area contributed by atoms with Gasteiger partial charge in [-0.05, 0) is 54.4 Å². The molecule has 0 aliphatic rings. The first-order chi connectivity index (χ1) is 9.56. The zero-order valence-corrected chi connectivity index (χ0v) is 13.1. The zero-order valence-electron chi connectivity index (χ0n) is 11.6. The van der Waals surface area contributed by atoms with Crippen molar-refractivity contribution in [2.24, 2.45) is 0 Å². The lowest BCUT2D eigenvalue weighted by Gasteiger charge is -2.06. The third-order valence-electron chi connectivity index (χ3n) is 2.93. The molecule has 2 aromatic heterocycles. The second kappa shape index (κ2) is 6.65. The van der Waals surface area contributed by atoms with Crippen LogP contribution in [0.15, 0.2) is 29.0 Å². The fourth-order valence-corrected chi connectivity index (χ4v) is 2.18. The largest absolute Gasteiger partial charge is 0.352 e. The summed E-state index contributed by atoms with van der Waals surface area (Å²) < 4.78 is 2.68. The predicted molar refractivity (Wildman–Crippen MR) is 80.6 cm³/mol. The van der Waals surface area contributed by atoms with E-state index >= 15 is 0 Å². The van der Waals surface area contributed by atoms with Gasteiger partial charge in [-0.15, -0.1) is 0 Å². The minimum Gasteiger partial charge on any atom is -0.352 e. The number of carbonyl (C=O) groups is 1. The van der Waals surface area contributed by atoms with Gasteiger partial charge in [-0.25, -0.2) is 4.98 Å². The SMILES string of the molecule is Cc1cc(C)n(CCCNC(=O)c2ccc(Br)nc2)n1. The van der Waals surface area contributed by atoms with Crippen LogP contribution in [0.1, 0.15) is 28.2 Å². The van der Waals surface area contributed by atoms with Crippen molar-refractivity contribution < 1.29 is 4.79 Å². The third kappa shape index (κ3) is 3.90. The maximum atomic E-state index is 11.8. The lowest BCUT2D eigenvalue weighted by molar-refractivity contribution is 0.0952. The molecule has 0 radical (unpaired) electrons. The molecule has 0 spiro atoms. The van der Waals surface area contributed by atoms with E-state index in [1.807, 2.05) is 24.6 Å². The van der Waals surface area contributed by atoms with Crippen LogP contribution in [0.3, 0.4) is 0 Å². The molecule has 1 N–H and O–H groups in total. The first kappa shape index (κ1) is 14.7. The number of carbonyl (C=O) groups excluding carboxylic acids is 1. The van der Waals surface area contributed by atoms with Crippen LogP contribution < -0.4 is 5.32 Å². The number of hydrogen-bond donors (Lipinski definition) is 1. The second-order valence-electron chi connectivity index (χ2n) is 4.63. The minimum absolute atomic E-state index is 0.0987. The molecule has 1 amide bonds. The highest BCUT2D eigenvalue weighted by Crippen LogP contribution is 2.06. The van der Waals surface area contributed by atoms with Crippen molar-refractivity contribution in [2.45, 2.75) is 26.8 Å². The molecule has 6 heteroatoms. The molecule has 0 aliphatic carbocycles. The molecule has 20 heavy (non-hydrogen) atoms. The van der Waals surface area contributed by atoms with E-state index in [4.69, 9.17) is 0 Å². The number of nitrogens with zero attached hydrogens (tertiary/aromatic N) is 3. The third-order valence-corrected chi connectivity index (χ3v) is 3.39. The Balaban J connectivity index is 1.77. The first-order valence-electron chi connectivity index (χ1n) is 6.47. The van der Waals surface area contributed by atoms with Crippen LogP contribution in [0, 0.1) is 13.8 Å². The van der Waals surface area contributed by atoms with Crippen molar-refractivity contribution in [3.05, 3.63) is 46.0 Å². The summed E-state index contributed by atoms with van der Waals surface area (Å²) in [5.41, 5.74) is 2.73. The number of pyridine rings is 1. The molecule has 5 nitrogen and oxygen atoms in total. The Bertz CT molecular complexity index is 592. The molecule has 2 aromatic rings. The van der Waals surface area contributed by atoms with Crippen LogP contribution in [-0.2, 0) is 6.54 Å². The minimum atomic E-state index is -0.0987. The number of rotatable bonds is 5. The van der Waals surface area contributed by atoms with Crippen LogP contribution in [0.25, 0.3) is 0 Å². The van der Waals surface area contributed by atoms with Crippen LogP contribution >= 0.6 is 15.9 Å². The number of aryl methyl sites for hydroxylation is 3. The van der Waals surface area contributed by atoms with Gasteiger partial charge in [0.05, 0.1) is 11.3 Å². The smallest absolute Gasteiger partial charge is 0.252 e. The van der Waals surface area contributed by atoms with E-state index < -0.39 is 0 Å². The van der Waals surface area contributed by atoms with Gasteiger partial charge in [-0.2, -0.15) is 5.10 Å². The van der Waals surface area contributed by atoms with E-state index in [9.17, 15) is 4.79 Å². The number of aromatic nitrogens is 3. The Morgan fingerprint density at radius 2 is 2.20 bits per heavy atom. The van der Waals surface area contributed by atoms with Crippen molar-refractivity contribution in [3.63, 3.8) is 0 Å². The number of amides is 1. The highest BCUT2D eigenvalue weighted by Gasteiger charge is 2.05. The van der Waals surface area contributed by atoms with Gasteiger partial charge in [-0.3, -0.25) is 9.48 Å². The summed E-state index contributed by atoms with van der Waals surface area (Å²) in [5.74, 6) is -0.0987. The maximum absolute atomic E-state index is 11.8. The summed E-state index contributed by atoms with van der Waals surface area (Å²) in [4.78, 5) is 15.9. The van der Waals surface area contributed by atoms with Gasteiger partial charge in [0.1, 0.15) is 4.60 Å². The topological polar surface area (TPSA) is 59.8 Å². The average Bonchev–Trinajstić information content (AvgIpc) is 2.73. The second-order valence-corrected chi connectivity index (χ2v) is 5.44. The van der Waals surface area contributed by atoms with E-state index in [0.717, 1.165) is 29.0 Å². The van der Waals surface area contributed by atoms with Crippen molar-refractivity contribution in [1.29, 1.82) is 0 Å². The summed E-state index contributed by atoms with van der Waals surface area (Å²) in [6.45, 7) is 5.43. The molecule has 2 heterocycles. The van der Waals surface area contributed by atoms with Crippen LogP contribution in [0.4, 0.5) is 0 Å². The molecule has 0 aliphatic heterocycles. The van der Waals surface area contributed by atoms with E-state index in [1.54, 1.807) is 18.3 Å². The lowest BCUT2D eigenvalue weighted by atomic mass is 10.2. The maximum Gasteiger partial charge on any atom is 0.252 e. The molecular weight excluding hydrogens is 320 g/mol. The Hall–Kier alpha value is -1.69. The molecule has 0 bridgehead atoms. The number of halogens is 1. The predicted octanol–water partition coefficient (Wildman–Crippen LogP) is 2.48. The fourth-order valence-electron chi connectivity index (χ4n) is 1.94. The quantitative estimate of drug-likeness (QED) is 0.674. The standard InChI is InChI=1S/C14H17BrN4O/c1-10-8-11(2)19(18-10)7-3-6-16-14(20)12-4-5-13(15)17-9-12/h4-5,8-9H,3,6-7H2,1-2H3,(H,16,20). The van der Waals surface area contributed by atoms with E-state index in [0.29, 0.717) is 12.1 Å². The Morgan fingerprint density at radius 1 is 1.40 bits per heavy atom. The molecule has 0 saturated heterocycles. The van der Waals surface area contributed by atoms with Crippen molar-refractivity contribution in [3.8, 4) is 0 Å². The van der Waals surface area contributed by atoms with E-state index in [2.05, 4.69) is 31.3 Å². The monoisotopic (exact) mass is 336 g/mol. The molecule has 106 valence electrons. The highest BCUT2D eigenvalue weighted by molar-refractivity contribution is 9.10. The molecule has 0 aromatic carbocycles. The summed E-state index contributed by atoms with van der Waals surface area (Å²) in [7, 11) is 0. The van der Waals surface area contributed by atoms with Gasteiger partial charge < -0.3 is 5.32 Å². The molecule has 0 fully saturated rings. The van der Waals surface area contributed by atoms with Crippen molar-refractivity contribution in [2.75, 3.05) is 6.54 Å². The van der Waals surface area contributed by atoms with Crippen LogP contribution in [0.5, 0.6) is 0 Å². The summed E-state index contributed by atoms with van der Waals surface area (Å²) >= 11 is 3.24.